The number of hydrogen-bond acceptors (Lipinski definition) is 5. The molecule has 2 heterocycles. The molecule has 8 nitrogen and oxygen atoms in total. The van der Waals surface area contributed by atoms with Gasteiger partial charge in [-0.25, -0.2) is 4.98 Å². The van der Waals surface area contributed by atoms with E-state index in [1.54, 1.807) is 0 Å². The van der Waals surface area contributed by atoms with Crippen LogP contribution < -0.4 is 16.2 Å². The van der Waals surface area contributed by atoms with Crippen LogP contribution in [0.1, 0.15) is 44.2 Å². The SMILES string of the molecule is O=C(NCCc1cc(=O)[nH]cn1)C1CCC(NC(=O)C2CCCO2)CC1. The maximum atomic E-state index is 12.3. The van der Waals surface area contributed by atoms with Gasteiger partial charge < -0.3 is 20.4 Å². The lowest BCUT2D eigenvalue weighted by molar-refractivity contribution is -0.131. The molecular formula is C18H26N4O4. The van der Waals surface area contributed by atoms with Gasteiger partial charge >= 0.3 is 0 Å². The van der Waals surface area contributed by atoms with E-state index in [9.17, 15) is 14.4 Å². The number of nitrogens with one attached hydrogen (secondary N) is 3. The van der Waals surface area contributed by atoms with Gasteiger partial charge in [0.1, 0.15) is 6.10 Å². The maximum Gasteiger partial charge on any atom is 0.250 e. The van der Waals surface area contributed by atoms with Crippen molar-refractivity contribution >= 4 is 11.8 Å². The van der Waals surface area contributed by atoms with Crippen LogP contribution in [0.4, 0.5) is 0 Å². The molecule has 1 saturated heterocycles. The number of aromatic nitrogens is 2. The van der Waals surface area contributed by atoms with Crippen molar-refractivity contribution in [3.8, 4) is 0 Å². The molecule has 1 aromatic heterocycles. The number of aromatic amines is 1. The summed E-state index contributed by atoms with van der Waals surface area (Å²) in [7, 11) is 0. The van der Waals surface area contributed by atoms with E-state index in [-0.39, 0.29) is 35.4 Å². The number of nitrogens with zero attached hydrogens (tertiary/aromatic N) is 1. The number of carbonyl (C=O) groups is 2. The van der Waals surface area contributed by atoms with Gasteiger partial charge in [0.15, 0.2) is 0 Å². The third-order valence-corrected chi connectivity index (χ3v) is 5.08. The lowest BCUT2D eigenvalue weighted by Gasteiger charge is -2.29. The summed E-state index contributed by atoms with van der Waals surface area (Å²) in [6.07, 6.45) is 6.50. The van der Waals surface area contributed by atoms with Crippen molar-refractivity contribution in [1.82, 2.24) is 20.6 Å². The summed E-state index contributed by atoms with van der Waals surface area (Å²) in [6.45, 7) is 1.13. The minimum atomic E-state index is -0.296. The Morgan fingerprint density at radius 3 is 2.69 bits per heavy atom. The zero-order chi connectivity index (χ0) is 18.4. The predicted octanol–water partition coefficient (Wildman–Crippen LogP) is 0.283. The Morgan fingerprint density at radius 2 is 2.00 bits per heavy atom. The van der Waals surface area contributed by atoms with Crippen LogP contribution >= 0.6 is 0 Å². The van der Waals surface area contributed by atoms with Gasteiger partial charge in [0.05, 0.1) is 6.33 Å². The number of hydrogen-bond donors (Lipinski definition) is 3. The Labute approximate surface area is 152 Å². The van der Waals surface area contributed by atoms with Crippen LogP contribution in [0.15, 0.2) is 17.2 Å². The molecule has 2 fully saturated rings. The van der Waals surface area contributed by atoms with Crippen LogP contribution in [0.25, 0.3) is 0 Å². The Bertz CT molecular complexity index is 676. The van der Waals surface area contributed by atoms with Crippen LogP contribution in [-0.2, 0) is 20.7 Å². The number of ether oxygens (including phenoxy) is 1. The fraction of sp³-hybridized carbons (Fsp3) is 0.667. The van der Waals surface area contributed by atoms with Gasteiger partial charge in [-0.3, -0.25) is 14.4 Å². The fourth-order valence-electron chi connectivity index (χ4n) is 3.58. The van der Waals surface area contributed by atoms with Gasteiger partial charge in [-0.05, 0) is 38.5 Å². The van der Waals surface area contributed by atoms with Crippen molar-refractivity contribution in [2.75, 3.05) is 13.2 Å². The monoisotopic (exact) mass is 362 g/mol. The Kier molecular flexibility index (Phi) is 6.38. The molecule has 0 aromatic carbocycles. The first kappa shape index (κ1) is 18.6. The predicted molar refractivity (Wildman–Crippen MR) is 94.4 cm³/mol. The van der Waals surface area contributed by atoms with Crippen molar-refractivity contribution in [1.29, 1.82) is 0 Å². The van der Waals surface area contributed by atoms with E-state index in [0.717, 1.165) is 38.5 Å². The van der Waals surface area contributed by atoms with Gasteiger partial charge in [0.25, 0.3) is 5.56 Å². The summed E-state index contributed by atoms with van der Waals surface area (Å²) in [5.74, 6) is 0.0116. The van der Waals surface area contributed by atoms with E-state index < -0.39 is 0 Å². The van der Waals surface area contributed by atoms with Crippen LogP contribution in [0.3, 0.4) is 0 Å². The smallest absolute Gasteiger partial charge is 0.250 e. The molecule has 142 valence electrons. The summed E-state index contributed by atoms with van der Waals surface area (Å²) in [5.41, 5.74) is 0.472. The summed E-state index contributed by atoms with van der Waals surface area (Å²) in [6, 6.07) is 1.57. The molecule has 1 aromatic rings. The number of amides is 2. The average Bonchev–Trinajstić information content (AvgIpc) is 3.17. The van der Waals surface area contributed by atoms with E-state index in [1.807, 2.05) is 0 Å². The largest absolute Gasteiger partial charge is 0.368 e. The Balaban J connectivity index is 1.35. The van der Waals surface area contributed by atoms with Crippen molar-refractivity contribution in [3.05, 3.63) is 28.4 Å². The molecule has 0 spiro atoms. The second-order valence-electron chi connectivity index (χ2n) is 7.00. The van der Waals surface area contributed by atoms with Gasteiger partial charge in [0.2, 0.25) is 11.8 Å². The summed E-state index contributed by atoms with van der Waals surface area (Å²) in [5, 5.41) is 5.98. The first-order chi connectivity index (χ1) is 12.6. The van der Waals surface area contributed by atoms with Crippen molar-refractivity contribution in [3.63, 3.8) is 0 Å². The standard InChI is InChI=1S/C18H26N4O4/c23-16-10-14(20-11-21-16)7-8-19-17(24)12-3-5-13(6-4-12)22-18(25)15-2-1-9-26-15/h10-13,15H,1-9H2,(H,19,24)(H,22,25)(H,20,21,23). The first-order valence-corrected chi connectivity index (χ1v) is 9.35. The molecule has 26 heavy (non-hydrogen) atoms. The molecular weight excluding hydrogens is 336 g/mol. The lowest BCUT2D eigenvalue weighted by atomic mass is 9.85. The Hall–Kier alpha value is -2.22. The van der Waals surface area contributed by atoms with Crippen molar-refractivity contribution in [2.45, 2.75) is 57.1 Å². The highest BCUT2D eigenvalue weighted by molar-refractivity contribution is 5.81. The van der Waals surface area contributed by atoms with Gasteiger partial charge in [-0.2, -0.15) is 0 Å². The molecule has 3 N–H and O–H groups in total. The normalized spacial score (nSPS) is 25.6. The minimum Gasteiger partial charge on any atom is -0.368 e. The number of H-pyrrole nitrogens is 1. The second-order valence-corrected chi connectivity index (χ2v) is 7.00. The molecule has 1 aliphatic heterocycles. The summed E-state index contributed by atoms with van der Waals surface area (Å²) < 4.78 is 5.40. The van der Waals surface area contributed by atoms with Gasteiger partial charge in [-0.1, -0.05) is 0 Å². The minimum absolute atomic E-state index is 0.0132. The fourth-order valence-corrected chi connectivity index (χ4v) is 3.58. The van der Waals surface area contributed by atoms with E-state index in [1.165, 1.54) is 12.4 Å². The summed E-state index contributed by atoms with van der Waals surface area (Å²) in [4.78, 5) is 42.1. The van der Waals surface area contributed by atoms with Gasteiger partial charge in [0, 0.05) is 43.3 Å². The van der Waals surface area contributed by atoms with Crippen LogP contribution in [0.2, 0.25) is 0 Å². The van der Waals surface area contributed by atoms with Crippen molar-refractivity contribution < 1.29 is 14.3 Å². The van der Waals surface area contributed by atoms with Gasteiger partial charge in [-0.15, -0.1) is 0 Å². The first-order valence-electron chi connectivity index (χ1n) is 9.35. The number of rotatable bonds is 6. The number of carbonyl (C=O) groups excluding carboxylic acids is 2. The third kappa shape index (κ3) is 5.14. The zero-order valence-corrected chi connectivity index (χ0v) is 14.8. The highest BCUT2D eigenvalue weighted by Gasteiger charge is 2.30. The molecule has 3 rings (SSSR count). The highest BCUT2D eigenvalue weighted by atomic mass is 16.5. The molecule has 1 unspecified atom stereocenters. The van der Waals surface area contributed by atoms with Crippen LogP contribution in [0, 0.1) is 5.92 Å². The van der Waals surface area contributed by atoms with Crippen LogP contribution in [-0.4, -0.2) is 47.1 Å². The highest BCUT2D eigenvalue weighted by Crippen LogP contribution is 2.25. The lowest BCUT2D eigenvalue weighted by Crippen LogP contribution is -2.44. The molecule has 0 bridgehead atoms. The molecule has 1 aliphatic carbocycles. The van der Waals surface area contributed by atoms with E-state index in [2.05, 4.69) is 20.6 Å². The molecule has 2 amide bonds. The third-order valence-electron chi connectivity index (χ3n) is 5.08. The molecule has 1 saturated carbocycles. The molecule has 8 heteroatoms. The summed E-state index contributed by atoms with van der Waals surface area (Å²) >= 11 is 0. The quantitative estimate of drug-likeness (QED) is 0.673. The van der Waals surface area contributed by atoms with Crippen molar-refractivity contribution in [2.24, 2.45) is 5.92 Å². The average molecular weight is 362 g/mol. The van der Waals surface area contributed by atoms with E-state index in [0.29, 0.717) is 25.3 Å². The van der Waals surface area contributed by atoms with Crippen LogP contribution in [0.5, 0.6) is 0 Å². The zero-order valence-electron chi connectivity index (χ0n) is 14.8. The maximum absolute atomic E-state index is 12.3. The van der Waals surface area contributed by atoms with E-state index in [4.69, 9.17) is 4.74 Å². The molecule has 0 radical (unpaired) electrons. The Morgan fingerprint density at radius 1 is 1.19 bits per heavy atom. The molecule has 2 aliphatic rings. The van der Waals surface area contributed by atoms with E-state index >= 15 is 0 Å². The topological polar surface area (TPSA) is 113 Å². The second kappa shape index (κ2) is 8.93. The molecule has 1 atom stereocenters.